The average molecular weight is 267 g/mol. The fourth-order valence-electron chi connectivity index (χ4n) is 2.00. The van der Waals surface area contributed by atoms with Crippen molar-refractivity contribution in [3.8, 4) is 0 Å². The molecule has 1 N–H and O–H groups in total. The zero-order chi connectivity index (χ0) is 14.1. The second-order valence-electron chi connectivity index (χ2n) is 5.26. The van der Waals surface area contributed by atoms with Gasteiger partial charge < -0.3 is 10.1 Å². The highest BCUT2D eigenvalue weighted by atomic mass is 19.1. The zero-order valence-corrected chi connectivity index (χ0v) is 12.3. The van der Waals surface area contributed by atoms with E-state index < -0.39 is 0 Å². The summed E-state index contributed by atoms with van der Waals surface area (Å²) in [6, 6.07) is 7.07. The Bertz CT molecular complexity index is 354. The highest BCUT2D eigenvalue weighted by molar-refractivity contribution is 5.20. The van der Waals surface area contributed by atoms with Gasteiger partial charge in [-0.05, 0) is 31.4 Å². The lowest BCUT2D eigenvalue weighted by molar-refractivity contribution is 0.107. The lowest BCUT2D eigenvalue weighted by atomic mass is 10.0. The summed E-state index contributed by atoms with van der Waals surface area (Å²) < 4.78 is 19.2. The van der Waals surface area contributed by atoms with Gasteiger partial charge in [0.05, 0.1) is 0 Å². The topological polar surface area (TPSA) is 21.3 Å². The summed E-state index contributed by atoms with van der Waals surface area (Å²) in [5.74, 6) is 0.452. The molecule has 1 aromatic rings. The first-order chi connectivity index (χ1) is 9.15. The molecule has 108 valence electrons. The van der Waals surface area contributed by atoms with Crippen LogP contribution in [0.5, 0.6) is 0 Å². The van der Waals surface area contributed by atoms with E-state index in [4.69, 9.17) is 4.74 Å². The Morgan fingerprint density at radius 1 is 1.26 bits per heavy atom. The summed E-state index contributed by atoms with van der Waals surface area (Å²) in [5, 5.41) is 3.39. The molecule has 0 heterocycles. The van der Waals surface area contributed by atoms with Gasteiger partial charge in [-0.3, -0.25) is 0 Å². The van der Waals surface area contributed by atoms with E-state index in [2.05, 4.69) is 26.1 Å². The molecule has 0 aliphatic rings. The Hall–Kier alpha value is -0.930. The number of rotatable bonds is 9. The fraction of sp³-hybridized carbons (Fsp3) is 0.625. The molecule has 0 aliphatic heterocycles. The van der Waals surface area contributed by atoms with Crippen LogP contribution in [-0.2, 0) is 4.74 Å². The quantitative estimate of drug-likeness (QED) is 0.684. The first-order valence-corrected chi connectivity index (χ1v) is 7.20. The van der Waals surface area contributed by atoms with Crippen LogP contribution in [0.4, 0.5) is 4.39 Å². The Kier molecular flexibility index (Phi) is 7.68. The molecule has 0 saturated carbocycles. The minimum absolute atomic E-state index is 0.0892. The van der Waals surface area contributed by atoms with E-state index in [-0.39, 0.29) is 11.9 Å². The normalized spacial score (nSPS) is 12.9. The zero-order valence-electron chi connectivity index (χ0n) is 12.3. The minimum Gasteiger partial charge on any atom is -0.381 e. The van der Waals surface area contributed by atoms with Crippen molar-refractivity contribution >= 4 is 0 Å². The number of ether oxygens (including phenoxy) is 1. The van der Waals surface area contributed by atoms with Crippen LogP contribution in [0.1, 0.15) is 45.2 Å². The number of benzene rings is 1. The minimum atomic E-state index is -0.127. The summed E-state index contributed by atoms with van der Waals surface area (Å²) in [6.45, 7) is 8.78. The average Bonchev–Trinajstić information content (AvgIpc) is 2.39. The molecule has 1 rings (SSSR count). The molecule has 0 bridgehead atoms. The van der Waals surface area contributed by atoms with Gasteiger partial charge in [-0.25, -0.2) is 4.39 Å². The van der Waals surface area contributed by atoms with Crippen LogP contribution in [-0.4, -0.2) is 19.8 Å². The molecule has 0 aliphatic carbocycles. The van der Waals surface area contributed by atoms with Crippen molar-refractivity contribution in [2.45, 2.75) is 39.7 Å². The number of hydrogen-bond acceptors (Lipinski definition) is 2. The number of halogens is 1. The highest BCUT2D eigenvalue weighted by Crippen LogP contribution is 2.19. The molecule has 2 nitrogen and oxygen atoms in total. The number of hydrogen-bond donors (Lipinski definition) is 1. The van der Waals surface area contributed by atoms with Gasteiger partial charge in [0.25, 0.3) is 0 Å². The summed E-state index contributed by atoms with van der Waals surface area (Å²) in [6.07, 6.45) is 1.84. The van der Waals surface area contributed by atoms with Crippen LogP contribution < -0.4 is 5.32 Å². The van der Waals surface area contributed by atoms with E-state index in [1.54, 1.807) is 6.07 Å². The molecule has 3 heteroatoms. The Labute approximate surface area is 116 Å². The summed E-state index contributed by atoms with van der Waals surface area (Å²) >= 11 is 0. The summed E-state index contributed by atoms with van der Waals surface area (Å²) in [7, 11) is 0. The monoisotopic (exact) mass is 267 g/mol. The second-order valence-corrected chi connectivity index (χ2v) is 5.26. The van der Waals surface area contributed by atoms with E-state index in [0.717, 1.165) is 38.2 Å². The van der Waals surface area contributed by atoms with E-state index in [0.29, 0.717) is 5.92 Å². The van der Waals surface area contributed by atoms with Crippen LogP contribution in [0.2, 0.25) is 0 Å². The van der Waals surface area contributed by atoms with Crippen LogP contribution in [0, 0.1) is 11.7 Å². The first kappa shape index (κ1) is 16.1. The molecule has 0 saturated heterocycles. The van der Waals surface area contributed by atoms with Gasteiger partial charge in [0.15, 0.2) is 0 Å². The second kappa shape index (κ2) is 9.05. The maximum atomic E-state index is 13.7. The first-order valence-electron chi connectivity index (χ1n) is 7.20. The molecule has 19 heavy (non-hydrogen) atoms. The molecule has 0 amide bonds. The van der Waals surface area contributed by atoms with Gasteiger partial charge >= 0.3 is 0 Å². The third-order valence-electron chi connectivity index (χ3n) is 3.00. The fourth-order valence-corrected chi connectivity index (χ4v) is 2.00. The molecular formula is C16H26FNO. The van der Waals surface area contributed by atoms with Crippen molar-refractivity contribution < 1.29 is 9.13 Å². The number of nitrogens with one attached hydrogen (secondary N) is 1. The summed E-state index contributed by atoms with van der Waals surface area (Å²) in [5.41, 5.74) is 0.757. The highest BCUT2D eigenvalue weighted by Gasteiger charge is 2.12. The Morgan fingerprint density at radius 3 is 2.63 bits per heavy atom. The van der Waals surface area contributed by atoms with Crippen LogP contribution >= 0.6 is 0 Å². The maximum absolute atomic E-state index is 13.7. The molecule has 0 aromatic heterocycles. The van der Waals surface area contributed by atoms with Crippen molar-refractivity contribution in [1.29, 1.82) is 0 Å². The summed E-state index contributed by atoms with van der Waals surface area (Å²) in [4.78, 5) is 0. The third kappa shape index (κ3) is 6.17. The van der Waals surface area contributed by atoms with Gasteiger partial charge in [-0.15, -0.1) is 0 Å². The van der Waals surface area contributed by atoms with Crippen LogP contribution in [0.25, 0.3) is 0 Å². The maximum Gasteiger partial charge on any atom is 0.127 e. The molecular weight excluding hydrogens is 241 g/mol. The Morgan fingerprint density at radius 2 is 2.00 bits per heavy atom. The van der Waals surface area contributed by atoms with Crippen LogP contribution in [0.15, 0.2) is 24.3 Å². The standard InChI is InChI=1S/C16H26FNO/c1-4-16(14-8-5-6-9-15(14)17)18-10-7-11-19-12-13(2)3/h5-6,8-9,13,16,18H,4,7,10-12H2,1-3H3. The lowest BCUT2D eigenvalue weighted by Crippen LogP contribution is -2.23. The van der Waals surface area contributed by atoms with Gasteiger partial charge in [0.2, 0.25) is 0 Å². The molecule has 1 atom stereocenters. The van der Waals surface area contributed by atoms with Crippen molar-refractivity contribution in [2.24, 2.45) is 5.92 Å². The van der Waals surface area contributed by atoms with Crippen molar-refractivity contribution in [2.75, 3.05) is 19.8 Å². The molecule has 0 fully saturated rings. The third-order valence-corrected chi connectivity index (χ3v) is 3.00. The smallest absolute Gasteiger partial charge is 0.127 e. The van der Waals surface area contributed by atoms with E-state index in [1.165, 1.54) is 6.07 Å². The Balaban J connectivity index is 2.28. The van der Waals surface area contributed by atoms with E-state index in [9.17, 15) is 4.39 Å². The molecule has 1 aromatic carbocycles. The molecule has 0 spiro atoms. The SMILES string of the molecule is CCC(NCCCOCC(C)C)c1ccccc1F. The molecule has 0 radical (unpaired) electrons. The van der Waals surface area contributed by atoms with E-state index in [1.807, 2.05) is 12.1 Å². The van der Waals surface area contributed by atoms with Gasteiger partial charge in [0, 0.05) is 24.8 Å². The van der Waals surface area contributed by atoms with Gasteiger partial charge in [-0.1, -0.05) is 39.0 Å². The van der Waals surface area contributed by atoms with Crippen LogP contribution in [0.3, 0.4) is 0 Å². The van der Waals surface area contributed by atoms with Crippen molar-refractivity contribution in [3.63, 3.8) is 0 Å². The van der Waals surface area contributed by atoms with Crippen molar-refractivity contribution in [1.82, 2.24) is 5.32 Å². The predicted molar refractivity (Wildman–Crippen MR) is 77.7 cm³/mol. The molecule has 1 unspecified atom stereocenters. The van der Waals surface area contributed by atoms with Gasteiger partial charge in [-0.2, -0.15) is 0 Å². The van der Waals surface area contributed by atoms with E-state index >= 15 is 0 Å². The van der Waals surface area contributed by atoms with Gasteiger partial charge in [0.1, 0.15) is 5.82 Å². The lowest BCUT2D eigenvalue weighted by Gasteiger charge is -2.18. The largest absolute Gasteiger partial charge is 0.381 e. The van der Waals surface area contributed by atoms with Crippen molar-refractivity contribution in [3.05, 3.63) is 35.6 Å². The predicted octanol–water partition coefficient (Wildman–Crippen LogP) is 3.93.